The van der Waals surface area contributed by atoms with Gasteiger partial charge in [0.05, 0.1) is 6.20 Å². The maximum Gasteiger partial charge on any atom is 0.0544 e. The molecule has 84 valence electrons. The van der Waals surface area contributed by atoms with Gasteiger partial charge >= 0.3 is 0 Å². The second-order valence-corrected chi connectivity index (χ2v) is 4.47. The Kier molecular flexibility index (Phi) is 4.02. The zero-order valence-electron chi connectivity index (χ0n) is 9.26. The van der Waals surface area contributed by atoms with Gasteiger partial charge in [0.15, 0.2) is 0 Å². The van der Waals surface area contributed by atoms with Crippen LogP contribution >= 0.6 is 11.3 Å². The standard InChI is InChI=1S/C12H15N3S/c1-13-12(11-4-6-14-15-8-11)3-2-10-5-7-16-9-10/h4-9,12-13H,2-3H2,1H3. The molecule has 0 spiro atoms. The van der Waals surface area contributed by atoms with Crippen LogP contribution in [0.1, 0.15) is 23.6 Å². The third-order valence-electron chi connectivity index (χ3n) is 2.66. The maximum absolute atomic E-state index is 3.91. The van der Waals surface area contributed by atoms with Crippen LogP contribution in [0.25, 0.3) is 0 Å². The fourth-order valence-electron chi connectivity index (χ4n) is 1.73. The molecule has 3 nitrogen and oxygen atoms in total. The minimum atomic E-state index is 0.357. The number of hydrogen-bond donors (Lipinski definition) is 1. The Morgan fingerprint density at radius 2 is 2.31 bits per heavy atom. The molecule has 1 atom stereocenters. The van der Waals surface area contributed by atoms with Crippen LogP contribution in [-0.4, -0.2) is 17.2 Å². The Balaban J connectivity index is 1.96. The summed E-state index contributed by atoms with van der Waals surface area (Å²) < 4.78 is 0. The van der Waals surface area contributed by atoms with Crippen LogP contribution in [0, 0.1) is 0 Å². The SMILES string of the molecule is CNC(CCc1ccsc1)c1ccnnc1. The predicted molar refractivity (Wildman–Crippen MR) is 66.5 cm³/mol. The van der Waals surface area contributed by atoms with Gasteiger partial charge in [0.1, 0.15) is 0 Å². The van der Waals surface area contributed by atoms with Crippen LogP contribution in [-0.2, 0) is 6.42 Å². The van der Waals surface area contributed by atoms with Crippen LogP contribution in [0.15, 0.2) is 35.3 Å². The van der Waals surface area contributed by atoms with E-state index in [2.05, 4.69) is 32.3 Å². The van der Waals surface area contributed by atoms with Crippen LogP contribution in [0.4, 0.5) is 0 Å². The third-order valence-corrected chi connectivity index (χ3v) is 3.39. The minimum Gasteiger partial charge on any atom is -0.313 e. The van der Waals surface area contributed by atoms with Crippen molar-refractivity contribution in [3.63, 3.8) is 0 Å². The topological polar surface area (TPSA) is 37.8 Å². The monoisotopic (exact) mass is 233 g/mol. The lowest BCUT2D eigenvalue weighted by Crippen LogP contribution is -2.17. The van der Waals surface area contributed by atoms with Gasteiger partial charge in [-0.15, -0.1) is 0 Å². The van der Waals surface area contributed by atoms with E-state index in [-0.39, 0.29) is 0 Å². The van der Waals surface area contributed by atoms with E-state index in [1.54, 1.807) is 17.5 Å². The lowest BCUT2D eigenvalue weighted by molar-refractivity contribution is 0.546. The van der Waals surface area contributed by atoms with E-state index in [0.717, 1.165) is 12.8 Å². The number of aromatic nitrogens is 2. The molecule has 0 aliphatic carbocycles. The smallest absolute Gasteiger partial charge is 0.0544 e. The molecule has 2 aromatic heterocycles. The van der Waals surface area contributed by atoms with Crippen LogP contribution in [0.3, 0.4) is 0 Å². The fraction of sp³-hybridized carbons (Fsp3) is 0.333. The highest BCUT2D eigenvalue weighted by atomic mass is 32.1. The molecule has 0 saturated heterocycles. The molecule has 4 heteroatoms. The number of rotatable bonds is 5. The lowest BCUT2D eigenvalue weighted by Gasteiger charge is -2.15. The van der Waals surface area contributed by atoms with Gasteiger partial charge in [-0.2, -0.15) is 21.5 Å². The number of aryl methyl sites for hydroxylation is 1. The minimum absolute atomic E-state index is 0.357. The first-order valence-corrected chi connectivity index (χ1v) is 6.29. The third kappa shape index (κ3) is 2.87. The molecule has 2 aromatic rings. The zero-order chi connectivity index (χ0) is 11.2. The Labute approximate surface area is 99.5 Å². The fourth-order valence-corrected chi connectivity index (χ4v) is 2.43. The second-order valence-electron chi connectivity index (χ2n) is 3.69. The second kappa shape index (κ2) is 5.72. The molecule has 16 heavy (non-hydrogen) atoms. The molecular weight excluding hydrogens is 218 g/mol. The van der Waals surface area contributed by atoms with Crippen molar-refractivity contribution in [3.05, 3.63) is 46.4 Å². The predicted octanol–water partition coefficient (Wildman–Crippen LogP) is 2.43. The molecule has 0 aromatic carbocycles. The van der Waals surface area contributed by atoms with Gasteiger partial charge < -0.3 is 5.32 Å². The quantitative estimate of drug-likeness (QED) is 0.862. The van der Waals surface area contributed by atoms with Gasteiger partial charge in [-0.1, -0.05) is 0 Å². The molecule has 0 fully saturated rings. The van der Waals surface area contributed by atoms with Crippen molar-refractivity contribution < 1.29 is 0 Å². The Morgan fingerprint density at radius 3 is 2.94 bits per heavy atom. The summed E-state index contributed by atoms with van der Waals surface area (Å²) >= 11 is 1.75. The Bertz CT molecular complexity index is 399. The summed E-state index contributed by atoms with van der Waals surface area (Å²) in [4.78, 5) is 0. The van der Waals surface area contributed by atoms with E-state index in [1.165, 1.54) is 11.1 Å². The lowest BCUT2D eigenvalue weighted by atomic mass is 10.0. The van der Waals surface area contributed by atoms with Gasteiger partial charge in [0.2, 0.25) is 0 Å². The summed E-state index contributed by atoms with van der Waals surface area (Å²) in [5, 5.41) is 15.4. The van der Waals surface area contributed by atoms with Crippen molar-refractivity contribution in [2.75, 3.05) is 7.05 Å². The summed E-state index contributed by atoms with van der Waals surface area (Å²) in [5.41, 5.74) is 2.61. The van der Waals surface area contributed by atoms with Gasteiger partial charge in [0.25, 0.3) is 0 Å². The average Bonchev–Trinajstić information content (AvgIpc) is 2.84. The summed E-state index contributed by atoms with van der Waals surface area (Å²) in [6, 6.07) is 4.56. The van der Waals surface area contributed by atoms with E-state index in [4.69, 9.17) is 0 Å². The molecule has 0 radical (unpaired) electrons. The van der Waals surface area contributed by atoms with Crippen molar-refractivity contribution in [1.29, 1.82) is 0 Å². The maximum atomic E-state index is 3.91. The van der Waals surface area contributed by atoms with E-state index in [0.29, 0.717) is 6.04 Å². The molecule has 1 N–H and O–H groups in total. The molecule has 2 rings (SSSR count). The summed E-state index contributed by atoms with van der Waals surface area (Å²) in [5.74, 6) is 0. The highest BCUT2D eigenvalue weighted by molar-refractivity contribution is 7.07. The summed E-state index contributed by atoms with van der Waals surface area (Å²) in [6.07, 6.45) is 5.75. The van der Waals surface area contributed by atoms with Gasteiger partial charge in [-0.25, -0.2) is 0 Å². The van der Waals surface area contributed by atoms with Crippen LogP contribution < -0.4 is 5.32 Å². The first-order chi connectivity index (χ1) is 7.90. The molecule has 0 aliphatic heterocycles. The van der Waals surface area contributed by atoms with Crippen molar-refractivity contribution in [2.45, 2.75) is 18.9 Å². The Morgan fingerprint density at radius 1 is 1.38 bits per heavy atom. The number of thiophene rings is 1. The van der Waals surface area contributed by atoms with E-state index in [9.17, 15) is 0 Å². The van der Waals surface area contributed by atoms with Crippen molar-refractivity contribution in [2.24, 2.45) is 0 Å². The van der Waals surface area contributed by atoms with Gasteiger partial charge in [-0.05, 0) is 53.9 Å². The zero-order valence-corrected chi connectivity index (χ0v) is 10.1. The summed E-state index contributed by atoms with van der Waals surface area (Å²) in [7, 11) is 1.98. The molecular formula is C12H15N3S. The largest absolute Gasteiger partial charge is 0.313 e. The van der Waals surface area contributed by atoms with Crippen molar-refractivity contribution in [1.82, 2.24) is 15.5 Å². The van der Waals surface area contributed by atoms with E-state index < -0.39 is 0 Å². The first-order valence-electron chi connectivity index (χ1n) is 5.35. The Hall–Kier alpha value is -1.26. The highest BCUT2D eigenvalue weighted by Gasteiger charge is 2.09. The molecule has 1 unspecified atom stereocenters. The van der Waals surface area contributed by atoms with Crippen molar-refractivity contribution >= 4 is 11.3 Å². The molecule has 0 aliphatic rings. The van der Waals surface area contributed by atoms with Gasteiger partial charge in [-0.3, -0.25) is 0 Å². The molecule has 0 bridgehead atoms. The van der Waals surface area contributed by atoms with Crippen LogP contribution in [0.2, 0.25) is 0 Å². The van der Waals surface area contributed by atoms with E-state index in [1.807, 2.05) is 19.3 Å². The highest BCUT2D eigenvalue weighted by Crippen LogP contribution is 2.18. The number of nitrogens with zero attached hydrogens (tertiary/aromatic N) is 2. The molecule has 0 saturated carbocycles. The first kappa shape index (κ1) is 11.2. The molecule has 0 amide bonds. The summed E-state index contributed by atoms with van der Waals surface area (Å²) in [6.45, 7) is 0. The van der Waals surface area contributed by atoms with E-state index >= 15 is 0 Å². The molecule has 2 heterocycles. The number of hydrogen-bond acceptors (Lipinski definition) is 4. The normalized spacial score (nSPS) is 12.6. The number of nitrogens with one attached hydrogen (secondary N) is 1. The van der Waals surface area contributed by atoms with Crippen LogP contribution in [0.5, 0.6) is 0 Å². The average molecular weight is 233 g/mol. The van der Waals surface area contributed by atoms with Gasteiger partial charge in [0, 0.05) is 12.2 Å². The van der Waals surface area contributed by atoms with Crippen molar-refractivity contribution in [3.8, 4) is 0 Å².